The first kappa shape index (κ1) is 24.8. The molecule has 2 aliphatic heterocycles. The molecule has 204 valence electrons. The Morgan fingerprint density at radius 2 is 1.45 bits per heavy atom. The van der Waals surface area contributed by atoms with Crippen molar-refractivity contribution in [1.82, 2.24) is 4.90 Å². The zero-order valence-corrected chi connectivity index (χ0v) is 23.4. The summed E-state index contributed by atoms with van der Waals surface area (Å²) in [5.41, 5.74) is 6.85. The molecule has 0 N–H and O–H groups in total. The van der Waals surface area contributed by atoms with Crippen LogP contribution in [0.5, 0.6) is 0 Å². The van der Waals surface area contributed by atoms with E-state index >= 15 is 0 Å². The number of nitriles is 1. The Kier molecular flexibility index (Phi) is 6.31. The predicted molar refractivity (Wildman–Crippen MR) is 160 cm³/mol. The normalized spacial score (nSPS) is 34.8. The van der Waals surface area contributed by atoms with Crippen LogP contribution in [0.2, 0.25) is 0 Å². The van der Waals surface area contributed by atoms with Gasteiger partial charge in [-0.3, -0.25) is 4.90 Å². The van der Waals surface area contributed by atoms with E-state index in [1.807, 2.05) is 12.1 Å². The molecule has 3 aromatic carbocycles. The second-order valence-corrected chi connectivity index (χ2v) is 13.2. The summed E-state index contributed by atoms with van der Waals surface area (Å²) >= 11 is 0. The third kappa shape index (κ3) is 4.15. The number of hydrogen-bond acceptors (Lipinski definition) is 3. The molecule has 3 nitrogen and oxygen atoms in total. The van der Waals surface area contributed by atoms with Crippen LogP contribution in [-0.2, 0) is 4.74 Å². The second-order valence-electron chi connectivity index (χ2n) is 13.2. The fourth-order valence-electron chi connectivity index (χ4n) is 9.64. The monoisotopic (exact) mass is 528 g/mol. The van der Waals surface area contributed by atoms with Crippen LogP contribution in [0.1, 0.15) is 81.3 Å². The Labute approximate surface area is 239 Å². The molecule has 0 aromatic heterocycles. The first-order valence-electron chi connectivity index (χ1n) is 15.9. The molecule has 3 saturated carbocycles. The third-order valence-electron chi connectivity index (χ3n) is 11.2. The predicted octanol–water partition coefficient (Wildman–Crippen LogP) is 8.34. The van der Waals surface area contributed by atoms with E-state index in [0.717, 1.165) is 40.1 Å². The van der Waals surface area contributed by atoms with Crippen molar-refractivity contribution in [2.24, 2.45) is 11.8 Å². The highest BCUT2D eigenvalue weighted by Crippen LogP contribution is 2.56. The summed E-state index contributed by atoms with van der Waals surface area (Å²) in [6.07, 6.45) is 14.3. The number of nitrogens with zero attached hydrogens (tertiary/aromatic N) is 2. The zero-order chi connectivity index (χ0) is 26.6. The minimum absolute atomic E-state index is 0.483. The summed E-state index contributed by atoms with van der Waals surface area (Å²) in [5, 5.41) is 9.79. The minimum Gasteiger partial charge on any atom is -0.372 e. The van der Waals surface area contributed by atoms with Gasteiger partial charge in [0.1, 0.15) is 0 Å². The summed E-state index contributed by atoms with van der Waals surface area (Å²) in [4.78, 5) is 3.07. The summed E-state index contributed by atoms with van der Waals surface area (Å²) in [5.74, 6) is 2.25. The molecular formula is C37H40N2O. The molecule has 0 spiro atoms. The van der Waals surface area contributed by atoms with Crippen molar-refractivity contribution in [3.8, 4) is 28.3 Å². The summed E-state index contributed by atoms with van der Waals surface area (Å²) in [6.45, 7) is 0. The van der Waals surface area contributed by atoms with Gasteiger partial charge in [-0.15, -0.1) is 0 Å². The van der Waals surface area contributed by atoms with Crippen molar-refractivity contribution in [1.29, 1.82) is 5.26 Å². The Hall–Kier alpha value is -2.93. The molecule has 2 heterocycles. The topological polar surface area (TPSA) is 36.3 Å². The molecule has 3 aliphatic carbocycles. The smallest absolute Gasteiger partial charge is 0.0992 e. The maximum atomic E-state index is 9.79. The average molecular weight is 529 g/mol. The van der Waals surface area contributed by atoms with Gasteiger partial charge in [0.2, 0.25) is 0 Å². The van der Waals surface area contributed by atoms with Gasteiger partial charge in [0.15, 0.2) is 0 Å². The van der Waals surface area contributed by atoms with Gasteiger partial charge >= 0.3 is 0 Å². The van der Waals surface area contributed by atoms with E-state index in [1.54, 1.807) is 0 Å². The van der Waals surface area contributed by atoms with Crippen LogP contribution in [0.25, 0.3) is 22.3 Å². The maximum absolute atomic E-state index is 9.79. The van der Waals surface area contributed by atoms with Crippen molar-refractivity contribution >= 4 is 0 Å². The molecule has 0 amide bonds. The lowest BCUT2D eigenvalue weighted by Gasteiger charge is -2.53. The first-order valence-corrected chi connectivity index (χ1v) is 15.9. The summed E-state index contributed by atoms with van der Waals surface area (Å²) in [7, 11) is 0. The van der Waals surface area contributed by atoms with Crippen molar-refractivity contribution in [3.63, 3.8) is 0 Å². The molecular weight excluding hydrogens is 488 g/mol. The molecule has 0 bridgehead atoms. The van der Waals surface area contributed by atoms with Crippen molar-refractivity contribution < 1.29 is 4.74 Å². The molecule has 8 atom stereocenters. The number of rotatable bonds is 3. The molecule has 2 saturated heterocycles. The van der Waals surface area contributed by atoms with Crippen LogP contribution in [0.4, 0.5) is 0 Å². The number of hydrogen-bond donors (Lipinski definition) is 0. The first-order chi connectivity index (χ1) is 19.8. The van der Waals surface area contributed by atoms with Crippen LogP contribution in [0.3, 0.4) is 0 Å². The van der Waals surface area contributed by atoms with E-state index in [1.165, 1.54) is 75.3 Å². The van der Waals surface area contributed by atoms with Gasteiger partial charge in [-0.1, -0.05) is 73.9 Å². The zero-order valence-electron chi connectivity index (χ0n) is 23.4. The lowest BCUT2D eigenvalue weighted by atomic mass is 9.68. The lowest BCUT2D eigenvalue weighted by molar-refractivity contribution is -0.177. The standard InChI is InChI=1S/C37H40N2O/c38-23-24-18-29(25-8-2-1-3-9-25)21-30(19-24)27-11-6-10-26(20-27)28-16-17-33-32(22-28)31-12-7-15-36-37(31)39(33)34-13-4-5-14-35(34)40-36/h1-3,6,8-11,18-21,28,31-37H,4-5,7,12-17,22H2. The van der Waals surface area contributed by atoms with Crippen molar-refractivity contribution in [2.45, 2.75) is 100 Å². The van der Waals surface area contributed by atoms with Crippen LogP contribution < -0.4 is 0 Å². The van der Waals surface area contributed by atoms with Crippen molar-refractivity contribution in [2.75, 3.05) is 0 Å². The molecule has 8 rings (SSSR count). The Morgan fingerprint density at radius 3 is 2.33 bits per heavy atom. The van der Waals surface area contributed by atoms with Crippen LogP contribution >= 0.6 is 0 Å². The fraction of sp³-hybridized carbons (Fsp3) is 0.486. The molecule has 5 aliphatic rings. The van der Waals surface area contributed by atoms with Crippen LogP contribution in [0.15, 0.2) is 72.8 Å². The number of ether oxygens (including phenoxy) is 1. The number of morpholine rings is 1. The Balaban J connectivity index is 1.08. The molecule has 5 fully saturated rings. The van der Waals surface area contributed by atoms with Gasteiger partial charge < -0.3 is 4.74 Å². The molecule has 8 unspecified atom stereocenters. The quantitative estimate of drug-likeness (QED) is 0.343. The second kappa shape index (κ2) is 10.2. The van der Waals surface area contributed by atoms with E-state index in [4.69, 9.17) is 4.74 Å². The highest BCUT2D eigenvalue weighted by molar-refractivity contribution is 5.75. The molecule has 40 heavy (non-hydrogen) atoms. The Morgan fingerprint density at radius 1 is 0.650 bits per heavy atom. The van der Waals surface area contributed by atoms with Crippen molar-refractivity contribution in [3.05, 3.63) is 83.9 Å². The van der Waals surface area contributed by atoms with E-state index < -0.39 is 0 Å². The SMILES string of the molecule is N#Cc1cc(-c2ccccc2)cc(-c2cccc(C3CCC4C(C3)C3CCCC5OC6CCCCC6N4C53)c2)c1. The van der Waals surface area contributed by atoms with E-state index in [-0.39, 0.29) is 0 Å². The largest absolute Gasteiger partial charge is 0.372 e. The van der Waals surface area contributed by atoms with Gasteiger partial charge in [0.05, 0.1) is 23.8 Å². The maximum Gasteiger partial charge on any atom is 0.0992 e. The van der Waals surface area contributed by atoms with Gasteiger partial charge in [0.25, 0.3) is 0 Å². The van der Waals surface area contributed by atoms with Gasteiger partial charge in [0, 0.05) is 18.1 Å². The third-order valence-corrected chi connectivity index (χ3v) is 11.2. The van der Waals surface area contributed by atoms with Crippen LogP contribution in [0, 0.1) is 23.2 Å². The van der Waals surface area contributed by atoms with Crippen LogP contribution in [-0.4, -0.2) is 35.2 Å². The minimum atomic E-state index is 0.483. The molecule has 3 aromatic rings. The molecule has 0 radical (unpaired) electrons. The van der Waals surface area contributed by atoms with E-state index in [0.29, 0.717) is 30.2 Å². The van der Waals surface area contributed by atoms with Gasteiger partial charge in [-0.2, -0.15) is 5.26 Å². The highest BCUT2D eigenvalue weighted by atomic mass is 16.5. The average Bonchev–Trinajstić information content (AvgIpc) is 3.36. The van der Waals surface area contributed by atoms with Gasteiger partial charge in [-0.25, -0.2) is 0 Å². The number of benzene rings is 3. The number of fused-ring (bicyclic) bond motifs is 5. The molecule has 3 heteroatoms. The lowest BCUT2D eigenvalue weighted by Crippen LogP contribution is -2.63. The summed E-state index contributed by atoms with van der Waals surface area (Å²) in [6, 6.07) is 30.5. The summed E-state index contributed by atoms with van der Waals surface area (Å²) < 4.78 is 6.85. The Bertz CT molecular complexity index is 1430. The fourth-order valence-corrected chi connectivity index (χ4v) is 9.64. The van der Waals surface area contributed by atoms with E-state index in [9.17, 15) is 5.26 Å². The van der Waals surface area contributed by atoms with Gasteiger partial charge in [-0.05, 0) is 109 Å². The highest BCUT2D eigenvalue weighted by Gasteiger charge is 2.59. The van der Waals surface area contributed by atoms with E-state index in [2.05, 4.69) is 71.6 Å².